The molecule has 0 aromatic heterocycles. The van der Waals surface area contributed by atoms with Gasteiger partial charge in [-0.25, -0.2) is 0 Å². The minimum Gasteiger partial charge on any atom is -0.497 e. The van der Waals surface area contributed by atoms with Gasteiger partial charge in [-0.05, 0) is 36.7 Å². The van der Waals surface area contributed by atoms with Gasteiger partial charge in [-0.1, -0.05) is 6.07 Å². The van der Waals surface area contributed by atoms with Crippen molar-refractivity contribution in [1.82, 2.24) is 0 Å². The number of halogens is 1. The van der Waals surface area contributed by atoms with Crippen LogP contribution in [0.15, 0.2) is 35.9 Å². The topological polar surface area (TPSA) is 35.5 Å². The van der Waals surface area contributed by atoms with Crippen LogP contribution in [0.3, 0.4) is 0 Å². The first kappa shape index (κ1) is 12.6. The Labute approximate surface area is 99.6 Å². The van der Waals surface area contributed by atoms with Gasteiger partial charge in [-0.15, -0.1) is 0 Å². The van der Waals surface area contributed by atoms with Crippen LogP contribution in [-0.4, -0.2) is 19.0 Å². The third-order valence-electron chi connectivity index (χ3n) is 1.99. The summed E-state index contributed by atoms with van der Waals surface area (Å²) in [4.78, 5) is 10.7. The van der Waals surface area contributed by atoms with Gasteiger partial charge in [0, 0.05) is 11.6 Å². The van der Waals surface area contributed by atoms with Gasteiger partial charge in [-0.2, -0.15) is 0 Å². The van der Waals surface area contributed by atoms with Crippen LogP contribution in [-0.2, 0) is 4.79 Å². The van der Waals surface area contributed by atoms with Crippen molar-refractivity contribution < 1.29 is 14.3 Å². The summed E-state index contributed by atoms with van der Waals surface area (Å²) in [7, 11) is 1.59. The second kappa shape index (κ2) is 6.18. The van der Waals surface area contributed by atoms with E-state index in [2.05, 4.69) is 0 Å². The zero-order chi connectivity index (χ0) is 12.0. The molecule has 0 aliphatic carbocycles. The normalized spacial score (nSPS) is 11.1. The molecule has 0 unspecified atom stereocenters. The first-order chi connectivity index (χ1) is 7.63. The SMILES string of the molecule is COc1cccc(OC/C=C(\C)C(=O)Cl)c1. The molecule has 0 atom stereocenters. The van der Waals surface area contributed by atoms with Crippen LogP contribution in [0.5, 0.6) is 11.5 Å². The molecule has 0 saturated carbocycles. The molecule has 16 heavy (non-hydrogen) atoms. The van der Waals surface area contributed by atoms with E-state index in [4.69, 9.17) is 21.1 Å². The number of rotatable bonds is 5. The molecule has 1 rings (SSSR count). The van der Waals surface area contributed by atoms with E-state index in [-0.39, 0.29) is 0 Å². The molecular weight excluding hydrogens is 228 g/mol. The monoisotopic (exact) mass is 240 g/mol. The molecule has 0 aliphatic heterocycles. The van der Waals surface area contributed by atoms with Crippen LogP contribution in [0, 0.1) is 0 Å². The zero-order valence-corrected chi connectivity index (χ0v) is 9.95. The van der Waals surface area contributed by atoms with Crippen LogP contribution in [0.1, 0.15) is 6.92 Å². The van der Waals surface area contributed by atoms with Crippen molar-refractivity contribution >= 4 is 16.8 Å². The third-order valence-corrected chi connectivity index (χ3v) is 2.29. The van der Waals surface area contributed by atoms with Crippen molar-refractivity contribution in [3.8, 4) is 11.5 Å². The Morgan fingerprint density at radius 2 is 2.12 bits per heavy atom. The molecule has 0 radical (unpaired) electrons. The minimum absolute atomic E-state index is 0.303. The number of carbonyl (C=O) groups excluding carboxylic acids is 1. The van der Waals surface area contributed by atoms with Gasteiger partial charge in [0.25, 0.3) is 0 Å². The molecule has 0 aliphatic rings. The molecule has 0 fully saturated rings. The highest BCUT2D eigenvalue weighted by Gasteiger charge is 1.99. The molecule has 0 saturated heterocycles. The molecule has 1 aromatic rings. The van der Waals surface area contributed by atoms with Crippen LogP contribution in [0.4, 0.5) is 0 Å². The molecule has 0 N–H and O–H groups in total. The average molecular weight is 241 g/mol. The predicted molar refractivity (Wildman–Crippen MR) is 63.1 cm³/mol. The summed E-state index contributed by atoms with van der Waals surface area (Å²) < 4.78 is 10.5. The van der Waals surface area contributed by atoms with Crippen molar-refractivity contribution in [2.45, 2.75) is 6.92 Å². The van der Waals surface area contributed by atoms with Crippen LogP contribution < -0.4 is 9.47 Å². The summed E-state index contributed by atoms with van der Waals surface area (Å²) in [6.07, 6.45) is 1.63. The Balaban J connectivity index is 2.55. The molecular formula is C12H13ClO3. The van der Waals surface area contributed by atoms with Gasteiger partial charge >= 0.3 is 0 Å². The fraction of sp³-hybridized carbons (Fsp3) is 0.250. The lowest BCUT2D eigenvalue weighted by atomic mass is 10.3. The smallest absolute Gasteiger partial charge is 0.247 e. The number of ether oxygens (including phenoxy) is 2. The second-order valence-corrected chi connectivity index (χ2v) is 3.49. The van der Waals surface area contributed by atoms with Crippen molar-refractivity contribution in [1.29, 1.82) is 0 Å². The highest BCUT2D eigenvalue weighted by molar-refractivity contribution is 6.67. The molecule has 86 valence electrons. The maximum atomic E-state index is 10.7. The fourth-order valence-electron chi connectivity index (χ4n) is 1.03. The molecule has 0 spiro atoms. The highest BCUT2D eigenvalue weighted by Crippen LogP contribution is 2.18. The Bertz CT molecular complexity index is 399. The Kier molecular flexibility index (Phi) is 4.86. The van der Waals surface area contributed by atoms with Crippen LogP contribution in [0.25, 0.3) is 0 Å². The molecule has 0 amide bonds. The molecule has 4 heteroatoms. The Morgan fingerprint density at radius 3 is 2.75 bits per heavy atom. The number of hydrogen-bond acceptors (Lipinski definition) is 3. The number of benzene rings is 1. The Hall–Kier alpha value is -1.48. The number of carbonyl (C=O) groups is 1. The van der Waals surface area contributed by atoms with Gasteiger partial charge < -0.3 is 9.47 Å². The third kappa shape index (κ3) is 3.95. The summed E-state index contributed by atoms with van der Waals surface area (Å²) in [5, 5.41) is -0.464. The van der Waals surface area contributed by atoms with E-state index in [1.807, 2.05) is 18.2 Å². The van der Waals surface area contributed by atoms with Gasteiger partial charge in [0.2, 0.25) is 5.24 Å². The van der Waals surface area contributed by atoms with E-state index in [9.17, 15) is 4.79 Å². The van der Waals surface area contributed by atoms with Crippen molar-refractivity contribution in [2.24, 2.45) is 0 Å². The maximum Gasteiger partial charge on any atom is 0.247 e. The lowest BCUT2D eigenvalue weighted by Crippen LogP contribution is -1.97. The number of hydrogen-bond donors (Lipinski definition) is 0. The van der Waals surface area contributed by atoms with E-state index >= 15 is 0 Å². The first-order valence-corrected chi connectivity index (χ1v) is 5.14. The number of allylic oxidation sites excluding steroid dienone is 1. The Morgan fingerprint density at radius 1 is 1.44 bits per heavy atom. The molecule has 3 nitrogen and oxygen atoms in total. The average Bonchev–Trinajstić information content (AvgIpc) is 2.29. The highest BCUT2D eigenvalue weighted by atomic mass is 35.5. The minimum atomic E-state index is -0.464. The van der Waals surface area contributed by atoms with E-state index in [1.54, 1.807) is 26.2 Å². The van der Waals surface area contributed by atoms with Crippen molar-refractivity contribution in [3.05, 3.63) is 35.9 Å². The van der Waals surface area contributed by atoms with Crippen molar-refractivity contribution in [2.75, 3.05) is 13.7 Å². The summed E-state index contributed by atoms with van der Waals surface area (Å²) in [6, 6.07) is 7.24. The van der Waals surface area contributed by atoms with E-state index in [0.717, 1.165) is 5.75 Å². The summed E-state index contributed by atoms with van der Waals surface area (Å²) in [5.41, 5.74) is 0.476. The van der Waals surface area contributed by atoms with E-state index in [0.29, 0.717) is 17.9 Å². The van der Waals surface area contributed by atoms with Crippen LogP contribution >= 0.6 is 11.6 Å². The quantitative estimate of drug-likeness (QED) is 0.587. The van der Waals surface area contributed by atoms with E-state index < -0.39 is 5.24 Å². The van der Waals surface area contributed by atoms with Gasteiger partial charge in [0.1, 0.15) is 18.1 Å². The first-order valence-electron chi connectivity index (χ1n) is 4.77. The van der Waals surface area contributed by atoms with E-state index in [1.165, 1.54) is 0 Å². The van der Waals surface area contributed by atoms with Crippen molar-refractivity contribution in [3.63, 3.8) is 0 Å². The summed E-state index contributed by atoms with van der Waals surface area (Å²) in [6.45, 7) is 1.95. The molecule has 1 aromatic carbocycles. The lowest BCUT2D eigenvalue weighted by Gasteiger charge is -2.05. The summed E-state index contributed by atoms with van der Waals surface area (Å²) in [5.74, 6) is 1.41. The molecule has 0 bridgehead atoms. The van der Waals surface area contributed by atoms with Gasteiger partial charge in [0.15, 0.2) is 0 Å². The predicted octanol–water partition coefficient (Wildman–Crippen LogP) is 2.79. The maximum absolute atomic E-state index is 10.7. The van der Waals surface area contributed by atoms with Gasteiger partial charge in [-0.3, -0.25) is 4.79 Å². The second-order valence-electron chi connectivity index (χ2n) is 3.15. The molecule has 0 heterocycles. The standard InChI is InChI=1S/C12H13ClO3/c1-9(12(13)14)6-7-16-11-5-3-4-10(8-11)15-2/h3-6,8H,7H2,1-2H3/b9-6+. The largest absolute Gasteiger partial charge is 0.497 e. The fourth-order valence-corrected chi connectivity index (χ4v) is 1.11. The van der Waals surface area contributed by atoms with Gasteiger partial charge in [0.05, 0.1) is 7.11 Å². The lowest BCUT2D eigenvalue weighted by molar-refractivity contribution is -0.108. The summed E-state index contributed by atoms with van der Waals surface area (Å²) >= 11 is 5.27. The number of methoxy groups -OCH3 is 1. The van der Waals surface area contributed by atoms with Crippen LogP contribution in [0.2, 0.25) is 0 Å². The zero-order valence-electron chi connectivity index (χ0n) is 9.20.